The monoisotopic (exact) mass is 480 g/mol. The average Bonchev–Trinajstić information content (AvgIpc) is 3.24. The van der Waals surface area contributed by atoms with Gasteiger partial charge >= 0.3 is 0 Å². The summed E-state index contributed by atoms with van der Waals surface area (Å²) in [6.07, 6.45) is 0.591. The minimum absolute atomic E-state index is 0.150. The van der Waals surface area contributed by atoms with Crippen LogP contribution in [0.4, 0.5) is 10.1 Å². The third-order valence-electron chi connectivity index (χ3n) is 8.09. The Bertz CT molecular complexity index is 1260. The molecule has 0 aliphatic heterocycles. The number of aromatic nitrogens is 1. The maximum absolute atomic E-state index is 15.4. The van der Waals surface area contributed by atoms with Gasteiger partial charge in [-0.25, -0.2) is 4.39 Å². The molecule has 5 nitrogen and oxygen atoms in total. The fraction of sp³-hybridized carbons (Fsp3) is 0.483. The molecular weight excluding hydrogens is 443 g/mol. The van der Waals surface area contributed by atoms with Crippen LogP contribution in [0.1, 0.15) is 64.3 Å². The van der Waals surface area contributed by atoms with E-state index in [1.54, 1.807) is 6.07 Å². The fourth-order valence-corrected chi connectivity index (χ4v) is 5.28. The van der Waals surface area contributed by atoms with E-state index in [1.165, 1.54) is 6.07 Å². The number of benzene rings is 2. The highest BCUT2D eigenvalue weighted by Gasteiger charge is 2.67. The topological polar surface area (TPSA) is 74.5 Å². The zero-order chi connectivity index (χ0) is 25.8. The highest BCUT2D eigenvalue weighted by Crippen LogP contribution is 2.64. The van der Waals surface area contributed by atoms with Gasteiger partial charge in [-0.05, 0) is 42.9 Å². The van der Waals surface area contributed by atoms with Crippen molar-refractivity contribution in [1.82, 2.24) is 4.57 Å². The van der Waals surface area contributed by atoms with Crippen molar-refractivity contribution in [2.75, 3.05) is 11.9 Å². The van der Waals surface area contributed by atoms with Crippen molar-refractivity contribution >= 4 is 22.5 Å². The van der Waals surface area contributed by atoms with Crippen molar-refractivity contribution in [1.29, 1.82) is 0 Å². The van der Waals surface area contributed by atoms with Crippen LogP contribution in [0.3, 0.4) is 0 Å². The van der Waals surface area contributed by atoms with Crippen LogP contribution in [-0.4, -0.2) is 33.4 Å². The van der Waals surface area contributed by atoms with Gasteiger partial charge in [0.25, 0.3) is 0 Å². The smallest absolute Gasteiger partial charge is 0.235 e. The van der Waals surface area contributed by atoms with Crippen LogP contribution >= 0.6 is 0 Å². The minimum atomic E-state index is -0.953. The molecule has 1 aliphatic rings. The summed E-state index contributed by atoms with van der Waals surface area (Å²) in [5.41, 5.74) is 2.65. The SMILES string of the molecule is CCC(C)(C)c1cc2cc(NC(=O)C3(c4ccc(C)cc4)CC3(C)C)c(F)cc2n1C[C@@H](O)CO. The number of aryl methyl sites for hydroxylation is 1. The minimum Gasteiger partial charge on any atom is -0.394 e. The molecule has 188 valence electrons. The predicted octanol–water partition coefficient (Wildman–Crippen LogP) is 5.44. The van der Waals surface area contributed by atoms with Gasteiger partial charge in [0.2, 0.25) is 5.91 Å². The summed E-state index contributed by atoms with van der Waals surface area (Å²) in [5, 5.41) is 23.2. The van der Waals surface area contributed by atoms with Gasteiger partial charge in [-0.2, -0.15) is 0 Å². The molecule has 0 spiro atoms. The number of aliphatic hydroxyl groups excluding tert-OH is 2. The zero-order valence-electron chi connectivity index (χ0n) is 21.6. The van der Waals surface area contributed by atoms with Crippen LogP contribution in [0.5, 0.6) is 0 Å². The number of rotatable bonds is 8. The molecule has 1 amide bonds. The molecule has 35 heavy (non-hydrogen) atoms. The van der Waals surface area contributed by atoms with Crippen LogP contribution in [0, 0.1) is 18.2 Å². The number of hydrogen-bond donors (Lipinski definition) is 3. The molecular formula is C29H37FN2O3. The van der Waals surface area contributed by atoms with Crippen molar-refractivity contribution in [3.8, 4) is 0 Å². The molecule has 6 heteroatoms. The second kappa shape index (κ2) is 8.75. The number of amides is 1. The number of nitrogens with zero attached hydrogens (tertiary/aromatic N) is 1. The summed E-state index contributed by atoms with van der Waals surface area (Å²) >= 11 is 0. The third kappa shape index (κ3) is 4.27. The molecule has 2 atom stereocenters. The van der Waals surface area contributed by atoms with E-state index < -0.39 is 17.3 Å². The first-order valence-electron chi connectivity index (χ1n) is 12.4. The lowest BCUT2D eigenvalue weighted by Gasteiger charge is -2.26. The molecule has 2 aromatic carbocycles. The van der Waals surface area contributed by atoms with Crippen molar-refractivity contribution in [3.63, 3.8) is 0 Å². The van der Waals surface area contributed by atoms with Crippen molar-refractivity contribution in [2.45, 2.75) is 77.9 Å². The van der Waals surface area contributed by atoms with Crippen molar-refractivity contribution in [3.05, 3.63) is 65.1 Å². The normalized spacial score (nSPS) is 20.1. The Labute approximate surface area is 207 Å². The van der Waals surface area contributed by atoms with Crippen LogP contribution in [0.15, 0.2) is 42.5 Å². The zero-order valence-corrected chi connectivity index (χ0v) is 21.6. The van der Waals surface area contributed by atoms with Gasteiger partial charge in [-0.3, -0.25) is 4.79 Å². The van der Waals surface area contributed by atoms with Crippen LogP contribution < -0.4 is 5.32 Å². The van der Waals surface area contributed by atoms with E-state index in [4.69, 9.17) is 0 Å². The van der Waals surface area contributed by atoms with Crippen molar-refractivity contribution in [2.24, 2.45) is 5.41 Å². The Morgan fingerprint density at radius 2 is 1.83 bits per heavy atom. The quantitative estimate of drug-likeness (QED) is 0.402. The summed E-state index contributed by atoms with van der Waals surface area (Å²) in [7, 11) is 0. The third-order valence-corrected chi connectivity index (χ3v) is 8.09. The first-order valence-corrected chi connectivity index (χ1v) is 12.4. The standard InChI is InChI=1S/C29H37FN2O3/c1-7-27(3,4)25-13-19-12-23(22(30)14-24(19)32(25)15-21(34)16-33)31-26(35)29(17-28(29,5)6)20-10-8-18(2)9-11-20/h8-14,21,33-34H,7,15-17H2,1-6H3,(H,31,35)/t21-,29?/m1/s1. The van der Waals surface area contributed by atoms with Gasteiger partial charge in [0.15, 0.2) is 0 Å². The van der Waals surface area contributed by atoms with Crippen LogP contribution in [0.25, 0.3) is 10.9 Å². The van der Waals surface area contributed by atoms with E-state index in [9.17, 15) is 15.0 Å². The number of carbonyl (C=O) groups excluding carboxylic acids is 1. The maximum atomic E-state index is 15.4. The van der Waals surface area contributed by atoms with E-state index in [0.29, 0.717) is 11.9 Å². The number of carbonyl (C=O) groups is 1. The molecule has 1 heterocycles. The van der Waals surface area contributed by atoms with E-state index in [-0.39, 0.29) is 35.6 Å². The molecule has 1 saturated carbocycles. The lowest BCUT2D eigenvalue weighted by atomic mass is 9.86. The summed E-state index contributed by atoms with van der Waals surface area (Å²) in [6, 6.07) is 13.1. The largest absolute Gasteiger partial charge is 0.394 e. The fourth-order valence-electron chi connectivity index (χ4n) is 5.28. The van der Waals surface area contributed by atoms with E-state index in [1.807, 2.05) is 41.8 Å². The molecule has 0 bridgehead atoms. The van der Waals surface area contributed by atoms with Gasteiger partial charge in [0, 0.05) is 22.6 Å². The van der Waals surface area contributed by atoms with E-state index in [0.717, 1.165) is 28.6 Å². The lowest BCUT2D eigenvalue weighted by Crippen LogP contribution is -2.32. The van der Waals surface area contributed by atoms with E-state index >= 15 is 4.39 Å². The number of anilines is 1. The number of fused-ring (bicyclic) bond motifs is 1. The van der Waals surface area contributed by atoms with E-state index in [2.05, 4.69) is 39.9 Å². The molecule has 3 aromatic rings. The molecule has 1 aromatic heterocycles. The summed E-state index contributed by atoms with van der Waals surface area (Å²) in [5.74, 6) is -0.726. The molecule has 0 radical (unpaired) electrons. The lowest BCUT2D eigenvalue weighted by molar-refractivity contribution is -0.119. The number of hydrogen-bond acceptors (Lipinski definition) is 3. The molecule has 1 aliphatic carbocycles. The Morgan fingerprint density at radius 1 is 1.20 bits per heavy atom. The Kier molecular flexibility index (Phi) is 6.35. The van der Waals surface area contributed by atoms with Gasteiger partial charge in [0.1, 0.15) is 5.82 Å². The van der Waals surface area contributed by atoms with Gasteiger partial charge in [0.05, 0.1) is 35.9 Å². The Hall–Kier alpha value is -2.70. The first kappa shape index (κ1) is 25.4. The first-order chi connectivity index (χ1) is 16.4. The van der Waals surface area contributed by atoms with Gasteiger partial charge < -0.3 is 20.1 Å². The predicted molar refractivity (Wildman–Crippen MR) is 138 cm³/mol. The second-order valence-corrected chi connectivity index (χ2v) is 11.4. The van der Waals surface area contributed by atoms with Crippen LogP contribution in [-0.2, 0) is 22.2 Å². The Balaban J connectivity index is 1.74. The van der Waals surface area contributed by atoms with Gasteiger partial charge in [-0.15, -0.1) is 0 Å². The maximum Gasteiger partial charge on any atom is 0.235 e. The number of nitrogens with one attached hydrogen (secondary N) is 1. The molecule has 1 unspecified atom stereocenters. The van der Waals surface area contributed by atoms with Crippen LogP contribution in [0.2, 0.25) is 0 Å². The van der Waals surface area contributed by atoms with Gasteiger partial charge in [-0.1, -0.05) is 64.4 Å². The molecule has 3 N–H and O–H groups in total. The Morgan fingerprint density at radius 3 is 2.37 bits per heavy atom. The molecule has 1 fully saturated rings. The highest BCUT2D eigenvalue weighted by molar-refractivity contribution is 6.04. The number of aliphatic hydroxyl groups is 2. The summed E-state index contributed by atoms with van der Waals surface area (Å²) in [4.78, 5) is 13.6. The highest BCUT2D eigenvalue weighted by atomic mass is 19.1. The summed E-state index contributed by atoms with van der Waals surface area (Å²) in [6.45, 7) is 12.2. The summed E-state index contributed by atoms with van der Waals surface area (Å²) < 4.78 is 17.3. The number of halogens is 1. The average molecular weight is 481 g/mol. The second-order valence-electron chi connectivity index (χ2n) is 11.4. The van der Waals surface area contributed by atoms with Crippen molar-refractivity contribution < 1.29 is 19.4 Å². The molecule has 0 saturated heterocycles. The molecule has 4 rings (SSSR count).